The van der Waals surface area contributed by atoms with Crippen molar-refractivity contribution in [3.05, 3.63) is 45.4 Å². The molecule has 0 saturated carbocycles. The zero-order valence-electron chi connectivity index (χ0n) is 12.5. The Labute approximate surface area is 135 Å². The fourth-order valence-corrected chi connectivity index (χ4v) is 2.88. The summed E-state index contributed by atoms with van der Waals surface area (Å²) in [7, 11) is 1.55. The molecule has 1 aromatic heterocycles. The van der Waals surface area contributed by atoms with Gasteiger partial charge in [0.2, 0.25) is 0 Å². The first kappa shape index (κ1) is 17.3. The summed E-state index contributed by atoms with van der Waals surface area (Å²) in [6, 6.07) is 7.35. The molecule has 0 aliphatic carbocycles. The molecular weight excluding hydrogens is 329 g/mol. The number of methoxy groups -OCH3 is 1. The number of benzene rings is 1. The molecule has 0 radical (unpaired) electrons. The van der Waals surface area contributed by atoms with Crippen LogP contribution in [0.25, 0.3) is 0 Å². The lowest BCUT2D eigenvalue weighted by Crippen LogP contribution is -2.25. The molecule has 0 aliphatic heterocycles. The topological polar surface area (TPSA) is 51.2 Å². The summed E-state index contributed by atoms with van der Waals surface area (Å²) < 4.78 is 43.0. The lowest BCUT2D eigenvalue weighted by molar-refractivity contribution is -0.137. The van der Waals surface area contributed by atoms with Crippen molar-refractivity contribution in [1.29, 1.82) is 0 Å². The number of carbonyl (C=O) groups is 1. The molecule has 1 aromatic carbocycles. The smallest absolute Gasteiger partial charge is 0.443 e. The highest BCUT2D eigenvalue weighted by Crippen LogP contribution is 2.33. The predicted molar refractivity (Wildman–Crippen MR) is 80.9 cm³/mol. The lowest BCUT2D eigenvalue weighted by Gasteiger charge is -2.08. The van der Waals surface area contributed by atoms with Crippen molar-refractivity contribution in [2.24, 2.45) is 0 Å². The highest BCUT2D eigenvalue weighted by molar-refractivity contribution is 7.13. The van der Waals surface area contributed by atoms with Crippen molar-refractivity contribution in [2.75, 3.05) is 13.7 Å². The van der Waals surface area contributed by atoms with E-state index < -0.39 is 17.1 Å². The third kappa shape index (κ3) is 4.22. The summed E-state index contributed by atoms with van der Waals surface area (Å²) in [5, 5.41) is 1.60. The minimum absolute atomic E-state index is 0.0163. The van der Waals surface area contributed by atoms with Gasteiger partial charge in [-0.25, -0.2) is 4.98 Å². The highest BCUT2D eigenvalue weighted by atomic mass is 32.1. The number of rotatable bonds is 5. The number of amides is 1. The molecule has 0 saturated heterocycles. The largest absolute Gasteiger partial charge is 0.496 e. The second kappa shape index (κ2) is 6.99. The second-order valence-electron chi connectivity index (χ2n) is 4.75. The number of halogens is 3. The number of carbonyl (C=O) groups excluding carboxylic acids is 1. The van der Waals surface area contributed by atoms with Crippen LogP contribution in [0.1, 0.15) is 25.9 Å². The fourth-order valence-electron chi connectivity index (χ4n) is 2.03. The molecule has 0 atom stereocenters. The van der Waals surface area contributed by atoms with Crippen molar-refractivity contribution < 1.29 is 22.7 Å². The third-order valence-corrected chi connectivity index (χ3v) is 4.32. The quantitative estimate of drug-likeness (QED) is 0.904. The minimum atomic E-state index is -4.54. The molecule has 0 unspecified atom stereocenters. The Balaban J connectivity index is 1.99. The first-order valence-electron chi connectivity index (χ1n) is 6.77. The Bertz CT molecular complexity index is 698. The van der Waals surface area contributed by atoms with Crippen LogP contribution >= 0.6 is 11.3 Å². The first-order chi connectivity index (χ1) is 10.8. The molecule has 4 nitrogen and oxygen atoms in total. The molecule has 2 rings (SSSR count). The second-order valence-corrected chi connectivity index (χ2v) is 5.75. The molecular formula is C15H15F3N2O2S. The Kier molecular flexibility index (Phi) is 5.25. The van der Waals surface area contributed by atoms with Gasteiger partial charge in [-0.15, -0.1) is 11.3 Å². The van der Waals surface area contributed by atoms with E-state index in [9.17, 15) is 18.0 Å². The number of nitrogens with zero attached hydrogens (tertiary/aromatic N) is 1. The maximum atomic E-state index is 12.6. The summed E-state index contributed by atoms with van der Waals surface area (Å²) in [5.41, 5.74) is 0.990. The van der Waals surface area contributed by atoms with Gasteiger partial charge in [0.05, 0.1) is 12.8 Å². The van der Waals surface area contributed by atoms with Gasteiger partial charge in [-0.1, -0.05) is 18.2 Å². The monoisotopic (exact) mass is 344 g/mol. The van der Waals surface area contributed by atoms with E-state index in [0.717, 1.165) is 5.56 Å². The molecule has 23 heavy (non-hydrogen) atoms. The first-order valence-corrected chi connectivity index (χ1v) is 7.59. The van der Waals surface area contributed by atoms with Gasteiger partial charge in [0, 0.05) is 6.54 Å². The van der Waals surface area contributed by atoms with Gasteiger partial charge in [0.15, 0.2) is 5.01 Å². The lowest BCUT2D eigenvalue weighted by atomic mass is 10.1. The van der Waals surface area contributed by atoms with Crippen LogP contribution in [-0.4, -0.2) is 24.5 Å². The zero-order valence-corrected chi connectivity index (χ0v) is 13.3. The predicted octanol–water partition coefficient (Wildman–Crippen LogP) is 3.45. The van der Waals surface area contributed by atoms with E-state index >= 15 is 0 Å². The molecule has 0 spiro atoms. The normalized spacial score (nSPS) is 11.3. The number of hydrogen-bond acceptors (Lipinski definition) is 4. The van der Waals surface area contributed by atoms with Crippen molar-refractivity contribution in [1.82, 2.24) is 10.3 Å². The Morgan fingerprint density at radius 1 is 1.35 bits per heavy atom. The van der Waals surface area contributed by atoms with E-state index in [1.807, 2.05) is 18.2 Å². The summed E-state index contributed by atoms with van der Waals surface area (Å²) in [6.45, 7) is 1.68. The number of thiazole rings is 1. The Hall–Kier alpha value is -2.09. The minimum Gasteiger partial charge on any atom is -0.496 e. The maximum Gasteiger partial charge on any atom is 0.443 e. The van der Waals surface area contributed by atoms with Gasteiger partial charge in [-0.05, 0) is 25.0 Å². The van der Waals surface area contributed by atoms with Crippen LogP contribution in [-0.2, 0) is 12.6 Å². The number of nitrogens with one attached hydrogen (secondary N) is 1. The van der Waals surface area contributed by atoms with Crippen LogP contribution < -0.4 is 10.1 Å². The third-order valence-electron chi connectivity index (χ3n) is 3.12. The van der Waals surface area contributed by atoms with Crippen molar-refractivity contribution in [3.63, 3.8) is 0 Å². The molecule has 124 valence electrons. The van der Waals surface area contributed by atoms with Crippen molar-refractivity contribution in [3.8, 4) is 5.75 Å². The molecule has 1 heterocycles. The van der Waals surface area contributed by atoms with Gasteiger partial charge in [0.1, 0.15) is 10.6 Å². The average Bonchev–Trinajstić information content (AvgIpc) is 2.90. The number of ether oxygens (including phenoxy) is 1. The number of aryl methyl sites for hydroxylation is 1. The van der Waals surface area contributed by atoms with E-state index in [4.69, 9.17) is 4.74 Å². The molecule has 0 aliphatic rings. The highest BCUT2D eigenvalue weighted by Gasteiger charge is 2.36. The number of alkyl halides is 3. The van der Waals surface area contributed by atoms with E-state index in [2.05, 4.69) is 10.3 Å². The number of hydrogen-bond donors (Lipinski definition) is 1. The van der Waals surface area contributed by atoms with Crippen molar-refractivity contribution in [2.45, 2.75) is 19.5 Å². The standard InChI is InChI=1S/C15H15F3N2O2S/c1-9-12(23-14(20-9)15(16,17)18)13(21)19-8-7-10-5-3-4-6-11(10)22-2/h3-6H,7-8H2,1-2H3,(H,19,21). The number of para-hydroxylation sites is 1. The van der Waals surface area contributed by atoms with Crippen molar-refractivity contribution >= 4 is 17.2 Å². The average molecular weight is 344 g/mol. The van der Waals surface area contributed by atoms with Gasteiger partial charge >= 0.3 is 6.18 Å². The molecule has 0 bridgehead atoms. The van der Waals surface area contributed by atoms with Crippen LogP contribution in [0.3, 0.4) is 0 Å². The van der Waals surface area contributed by atoms with Crippen LogP contribution in [0.4, 0.5) is 13.2 Å². The van der Waals surface area contributed by atoms with Crippen LogP contribution in [0.15, 0.2) is 24.3 Å². The molecule has 1 amide bonds. The summed E-state index contributed by atoms with van der Waals surface area (Å²) in [4.78, 5) is 15.4. The Morgan fingerprint density at radius 3 is 2.65 bits per heavy atom. The van der Waals surface area contributed by atoms with E-state index in [1.54, 1.807) is 13.2 Å². The Morgan fingerprint density at radius 2 is 2.04 bits per heavy atom. The summed E-state index contributed by atoms with van der Waals surface area (Å²) >= 11 is 0.356. The van der Waals surface area contributed by atoms with Gasteiger partial charge in [-0.3, -0.25) is 4.79 Å². The fraction of sp³-hybridized carbons (Fsp3) is 0.333. The number of aromatic nitrogens is 1. The van der Waals surface area contributed by atoms with Crippen LogP contribution in [0, 0.1) is 6.92 Å². The summed E-state index contributed by atoms with van der Waals surface area (Å²) in [5.74, 6) is 0.153. The molecule has 1 N–H and O–H groups in total. The zero-order chi connectivity index (χ0) is 17.0. The van der Waals surface area contributed by atoms with E-state index in [0.29, 0.717) is 23.5 Å². The van der Waals surface area contributed by atoms with Gasteiger partial charge in [-0.2, -0.15) is 13.2 Å². The maximum absolute atomic E-state index is 12.6. The van der Waals surface area contributed by atoms with Gasteiger partial charge in [0.25, 0.3) is 5.91 Å². The van der Waals surface area contributed by atoms with Gasteiger partial charge < -0.3 is 10.1 Å². The molecule has 0 fully saturated rings. The van der Waals surface area contributed by atoms with E-state index in [-0.39, 0.29) is 17.1 Å². The molecule has 8 heteroatoms. The summed E-state index contributed by atoms with van der Waals surface area (Å²) in [6.07, 6.45) is -4.02. The van der Waals surface area contributed by atoms with Crippen LogP contribution in [0.5, 0.6) is 5.75 Å². The van der Waals surface area contributed by atoms with E-state index in [1.165, 1.54) is 6.92 Å². The van der Waals surface area contributed by atoms with Crippen LogP contribution in [0.2, 0.25) is 0 Å². The molecule has 2 aromatic rings. The SMILES string of the molecule is COc1ccccc1CCNC(=O)c1sc(C(F)(F)F)nc1C.